The number of benzene rings is 1. The lowest BCUT2D eigenvalue weighted by Gasteiger charge is -2.36. The van der Waals surface area contributed by atoms with Gasteiger partial charge in [-0.05, 0) is 37.6 Å². The third kappa shape index (κ3) is 3.10. The molecule has 4 aromatic heterocycles. The molecule has 0 amide bonds. The minimum atomic E-state index is -0.989. The van der Waals surface area contributed by atoms with Gasteiger partial charge < -0.3 is 9.88 Å². The molecular formula is C23H17ClFN9O. The smallest absolute Gasteiger partial charge is 0.284 e. The molecule has 1 fully saturated rings. The molecule has 174 valence electrons. The molecule has 1 aromatic carbocycles. The van der Waals surface area contributed by atoms with Crippen LogP contribution in [0, 0.1) is 23.1 Å². The van der Waals surface area contributed by atoms with Gasteiger partial charge in [0, 0.05) is 12.7 Å². The Balaban J connectivity index is 1.68. The number of H-pyrrole nitrogens is 1. The van der Waals surface area contributed by atoms with Crippen LogP contribution in [0.25, 0.3) is 22.4 Å². The molecule has 0 radical (unpaired) electrons. The minimum absolute atomic E-state index is 0.168. The van der Waals surface area contributed by atoms with E-state index in [1.165, 1.54) is 39.9 Å². The molecule has 0 aliphatic carbocycles. The number of hydrogen-bond acceptors (Lipinski definition) is 7. The number of fused-ring (bicyclic) bond motifs is 2. The van der Waals surface area contributed by atoms with E-state index in [0.29, 0.717) is 41.5 Å². The molecule has 12 heteroatoms. The number of aromatic amines is 1. The summed E-state index contributed by atoms with van der Waals surface area (Å²) in [5.74, 6) is -0.0695. The van der Waals surface area contributed by atoms with Gasteiger partial charge in [-0.25, -0.2) is 23.9 Å². The zero-order valence-electron chi connectivity index (χ0n) is 18.4. The van der Waals surface area contributed by atoms with Gasteiger partial charge in [-0.15, -0.1) is 0 Å². The molecular weight excluding hydrogens is 473 g/mol. The predicted molar refractivity (Wildman–Crippen MR) is 126 cm³/mol. The minimum Gasteiger partial charge on any atom is -0.341 e. The summed E-state index contributed by atoms with van der Waals surface area (Å²) in [6.07, 6.45) is 4.88. The summed E-state index contributed by atoms with van der Waals surface area (Å²) in [7, 11) is 0. The van der Waals surface area contributed by atoms with E-state index in [2.05, 4.69) is 26.0 Å². The number of nitrogens with zero attached hydrogens (tertiary/aromatic N) is 8. The van der Waals surface area contributed by atoms with E-state index in [4.69, 9.17) is 16.7 Å². The van der Waals surface area contributed by atoms with E-state index < -0.39 is 16.9 Å². The van der Waals surface area contributed by atoms with Gasteiger partial charge >= 0.3 is 0 Å². The van der Waals surface area contributed by atoms with Crippen molar-refractivity contribution < 1.29 is 4.39 Å². The van der Waals surface area contributed by atoms with Crippen LogP contribution in [0.5, 0.6) is 0 Å². The largest absolute Gasteiger partial charge is 0.341 e. The highest BCUT2D eigenvalue weighted by Gasteiger charge is 2.48. The number of nitrogens with one attached hydrogen (secondary N) is 1. The van der Waals surface area contributed by atoms with E-state index in [1.807, 2.05) is 11.8 Å². The maximum Gasteiger partial charge on any atom is 0.284 e. The van der Waals surface area contributed by atoms with Crippen molar-refractivity contribution >= 4 is 34.1 Å². The third-order valence-electron chi connectivity index (χ3n) is 6.46. The molecule has 1 aliphatic rings. The SMILES string of the molecule is C[C@@]1(c2nn3ccc(Cl)c3c(=O)n2-c2cccc(F)c2)C[C@H](C#N)CN1c1ncnc2[nH]cnc12. The molecule has 5 heterocycles. The fourth-order valence-corrected chi connectivity index (χ4v) is 5.10. The lowest BCUT2D eigenvalue weighted by atomic mass is 9.93. The van der Waals surface area contributed by atoms with Crippen molar-refractivity contribution in [2.24, 2.45) is 5.92 Å². The summed E-state index contributed by atoms with van der Waals surface area (Å²) < 4.78 is 17.1. The first-order chi connectivity index (χ1) is 16.9. The summed E-state index contributed by atoms with van der Waals surface area (Å²) in [6.45, 7) is 2.22. The van der Waals surface area contributed by atoms with Gasteiger partial charge in [0.15, 0.2) is 17.3 Å². The van der Waals surface area contributed by atoms with Crippen LogP contribution in [0.15, 0.2) is 54.0 Å². The van der Waals surface area contributed by atoms with E-state index in [-0.39, 0.29) is 16.5 Å². The average molecular weight is 490 g/mol. The van der Waals surface area contributed by atoms with Crippen molar-refractivity contribution in [3.63, 3.8) is 0 Å². The van der Waals surface area contributed by atoms with Crippen molar-refractivity contribution in [3.8, 4) is 11.8 Å². The topological polar surface area (TPSA) is 121 Å². The summed E-state index contributed by atoms with van der Waals surface area (Å²) >= 11 is 6.31. The second-order valence-electron chi connectivity index (χ2n) is 8.61. The zero-order chi connectivity index (χ0) is 24.3. The normalized spacial score (nSPS) is 20.1. The third-order valence-corrected chi connectivity index (χ3v) is 6.77. The Morgan fingerprint density at radius 1 is 1.29 bits per heavy atom. The summed E-state index contributed by atoms with van der Waals surface area (Å²) in [4.78, 5) is 31.7. The summed E-state index contributed by atoms with van der Waals surface area (Å²) in [6, 6.07) is 9.63. The summed E-state index contributed by atoms with van der Waals surface area (Å²) in [5, 5.41) is 14.9. The van der Waals surface area contributed by atoms with Gasteiger partial charge in [0.25, 0.3) is 5.56 Å². The first-order valence-electron chi connectivity index (χ1n) is 10.8. The monoisotopic (exact) mass is 489 g/mol. The quantitative estimate of drug-likeness (QED) is 0.413. The fourth-order valence-electron chi connectivity index (χ4n) is 4.88. The standard InChI is InChI=1S/C23H17ClFN9O/c1-23(8-13(9-26)10-32(23)20-17-19(28-11-27-17)29-12-30-20)22-31-33-6-5-16(24)18(33)21(35)34(22)15-4-2-3-14(25)7-15/h2-7,11-13H,8,10H2,1H3,(H,27,28,29,30)/t13-,23+/m1/s1. The molecule has 0 bridgehead atoms. The number of imidazole rings is 1. The number of hydrogen-bond donors (Lipinski definition) is 1. The second kappa shape index (κ2) is 7.61. The first-order valence-corrected chi connectivity index (χ1v) is 11.2. The van der Waals surface area contributed by atoms with E-state index in [0.717, 1.165) is 0 Å². The van der Waals surface area contributed by atoms with Crippen LogP contribution >= 0.6 is 11.6 Å². The van der Waals surface area contributed by atoms with Gasteiger partial charge in [-0.3, -0.25) is 9.36 Å². The first kappa shape index (κ1) is 21.2. The molecule has 1 saturated heterocycles. The van der Waals surface area contributed by atoms with Crippen molar-refractivity contribution in [1.82, 2.24) is 34.1 Å². The van der Waals surface area contributed by atoms with Crippen LogP contribution < -0.4 is 10.5 Å². The highest BCUT2D eigenvalue weighted by Crippen LogP contribution is 2.44. The zero-order valence-corrected chi connectivity index (χ0v) is 19.1. The van der Waals surface area contributed by atoms with E-state index >= 15 is 0 Å². The second-order valence-corrected chi connectivity index (χ2v) is 9.02. The van der Waals surface area contributed by atoms with Crippen LogP contribution in [-0.2, 0) is 5.54 Å². The Labute approximate surface area is 202 Å². The number of aromatic nitrogens is 7. The van der Waals surface area contributed by atoms with E-state index in [1.54, 1.807) is 18.3 Å². The Hall–Kier alpha value is -4.30. The van der Waals surface area contributed by atoms with Gasteiger partial charge in [0.05, 0.1) is 29.0 Å². The number of rotatable bonds is 3. The van der Waals surface area contributed by atoms with Crippen LogP contribution in [-0.4, -0.2) is 40.7 Å². The van der Waals surface area contributed by atoms with Gasteiger partial charge in [-0.1, -0.05) is 17.7 Å². The average Bonchev–Trinajstić information content (AvgIpc) is 3.56. The van der Waals surface area contributed by atoms with Crippen LogP contribution in [0.4, 0.5) is 10.2 Å². The van der Waals surface area contributed by atoms with Gasteiger partial charge in [0.2, 0.25) is 0 Å². The van der Waals surface area contributed by atoms with E-state index in [9.17, 15) is 14.4 Å². The van der Waals surface area contributed by atoms with Crippen LogP contribution in [0.2, 0.25) is 5.02 Å². The van der Waals surface area contributed by atoms with Gasteiger partial charge in [-0.2, -0.15) is 10.4 Å². The predicted octanol–water partition coefficient (Wildman–Crippen LogP) is 3.21. The fraction of sp³-hybridized carbons (Fsp3) is 0.217. The Bertz CT molecular complexity index is 1720. The van der Waals surface area contributed by atoms with Crippen LogP contribution in [0.3, 0.4) is 0 Å². The molecule has 0 unspecified atom stereocenters. The van der Waals surface area contributed by atoms with Crippen molar-refractivity contribution in [2.75, 3.05) is 11.4 Å². The highest BCUT2D eigenvalue weighted by atomic mass is 35.5. The van der Waals surface area contributed by atoms with Crippen LogP contribution in [0.1, 0.15) is 19.2 Å². The molecule has 10 nitrogen and oxygen atoms in total. The maximum absolute atomic E-state index is 14.3. The number of nitriles is 1. The van der Waals surface area contributed by atoms with Crippen molar-refractivity contribution in [3.05, 3.63) is 76.2 Å². The molecule has 0 saturated carbocycles. The molecule has 5 aromatic rings. The number of halogens is 2. The Kier molecular flexibility index (Phi) is 4.62. The lowest BCUT2D eigenvalue weighted by molar-refractivity contribution is 0.423. The van der Waals surface area contributed by atoms with Gasteiger partial charge in [0.1, 0.15) is 28.7 Å². The van der Waals surface area contributed by atoms with Crippen molar-refractivity contribution in [1.29, 1.82) is 5.26 Å². The molecule has 2 atom stereocenters. The highest BCUT2D eigenvalue weighted by molar-refractivity contribution is 6.33. The Morgan fingerprint density at radius 2 is 2.14 bits per heavy atom. The molecule has 35 heavy (non-hydrogen) atoms. The lowest BCUT2D eigenvalue weighted by Crippen LogP contribution is -2.45. The molecule has 1 aliphatic heterocycles. The molecule has 1 N–H and O–H groups in total. The van der Waals surface area contributed by atoms with Crippen molar-refractivity contribution in [2.45, 2.75) is 18.9 Å². The summed E-state index contributed by atoms with van der Waals surface area (Å²) in [5.41, 5.74) is 0.0948. The number of anilines is 1. The molecule has 0 spiro atoms. The maximum atomic E-state index is 14.3. The Morgan fingerprint density at radius 3 is 2.94 bits per heavy atom. The molecule has 6 rings (SSSR count).